The predicted octanol–water partition coefficient (Wildman–Crippen LogP) is 2.23. The van der Waals surface area contributed by atoms with Crippen LogP contribution < -0.4 is 21.3 Å². The number of alkyl carbamates (subject to hydrolysis) is 1. The highest BCUT2D eigenvalue weighted by atomic mass is 16.5. The Kier molecular flexibility index (Phi) is 12.8. The van der Waals surface area contributed by atoms with Crippen LogP contribution >= 0.6 is 0 Å². The summed E-state index contributed by atoms with van der Waals surface area (Å²) in [4.78, 5) is 49.7. The van der Waals surface area contributed by atoms with Crippen LogP contribution in [-0.2, 0) is 32.1 Å². The Labute approximate surface area is 223 Å². The van der Waals surface area contributed by atoms with Crippen LogP contribution in [0.4, 0.5) is 4.79 Å². The summed E-state index contributed by atoms with van der Waals surface area (Å²) in [7, 11) is 1.49. The molecule has 0 aliphatic carbocycles. The molecule has 2 rings (SSSR count). The van der Waals surface area contributed by atoms with Crippen LogP contribution in [0.3, 0.4) is 0 Å². The molecule has 3 amide bonds. The minimum absolute atomic E-state index is 0.0283. The number of hydrogen-bond acceptors (Lipinski definition) is 6. The highest BCUT2D eigenvalue weighted by molar-refractivity contribution is 5.90. The third kappa shape index (κ3) is 11.0. The molecule has 0 bridgehead atoms. The molecule has 0 saturated heterocycles. The number of rotatable bonds is 15. The van der Waals surface area contributed by atoms with Crippen molar-refractivity contribution in [1.29, 1.82) is 0 Å². The Hall–Kier alpha value is -3.92. The Morgan fingerprint density at radius 2 is 1.45 bits per heavy atom. The minimum atomic E-state index is -1.15. The molecule has 0 saturated carbocycles. The van der Waals surface area contributed by atoms with Gasteiger partial charge in [0.25, 0.3) is 0 Å². The third-order valence-corrected chi connectivity index (χ3v) is 5.80. The van der Waals surface area contributed by atoms with Crippen molar-refractivity contribution in [2.24, 2.45) is 5.92 Å². The van der Waals surface area contributed by atoms with E-state index >= 15 is 0 Å². The first kappa shape index (κ1) is 30.3. The summed E-state index contributed by atoms with van der Waals surface area (Å²) in [6, 6.07) is 15.7. The summed E-state index contributed by atoms with van der Waals surface area (Å²) in [5.41, 5.74) is 1.71. The van der Waals surface area contributed by atoms with Gasteiger partial charge in [-0.15, -0.1) is 0 Å². The number of hydrogen-bond donors (Lipinski definition) is 5. The number of carboxylic acid groups (broad SMARTS) is 1. The summed E-state index contributed by atoms with van der Waals surface area (Å²) in [6.07, 6.45) is 0.00998. The molecular weight excluding hydrogens is 488 g/mol. The maximum atomic E-state index is 13.2. The van der Waals surface area contributed by atoms with Gasteiger partial charge in [0, 0.05) is 20.0 Å². The maximum absolute atomic E-state index is 13.2. The van der Waals surface area contributed by atoms with Crippen LogP contribution in [-0.4, -0.2) is 60.7 Å². The van der Waals surface area contributed by atoms with E-state index in [0.29, 0.717) is 6.42 Å². The summed E-state index contributed by atoms with van der Waals surface area (Å²) < 4.78 is 5.15. The van der Waals surface area contributed by atoms with Gasteiger partial charge in [-0.05, 0) is 29.9 Å². The number of aliphatic carboxylic acids is 1. The number of carboxylic acids is 1. The molecule has 0 aliphatic rings. The Balaban J connectivity index is 1.97. The van der Waals surface area contributed by atoms with E-state index in [1.807, 2.05) is 74.5 Å². The van der Waals surface area contributed by atoms with E-state index in [-0.39, 0.29) is 37.8 Å². The van der Waals surface area contributed by atoms with Gasteiger partial charge >= 0.3 is 12.1 Å². The fourth-order valence-corrected chi connectivity index (χ4v) is 3.84. The van der Waals surface area contributed by atoms with Crippen molar-refractivity contribution in [3.8, 4) is 0 Å². The molecule has 38 heavy (non-hydrogen) atoms. The summed E-state index contributed by atoms with van der Waals surface area (Å²) in [5, 5.41) is 20.6. The summed E-state index contributed by atoms with van der Waals surface area (Å²) in [6.45, 7) is 3.96. The average Bonchev–Trinajstić information content (AvgIpc) is 2.90. The lowest BCUT2D eigenvalue weighted by Crippen LogP contribution is -2.56. The van der Waals surface area contributed by atoms with E-state index in [2.05, 4.69) is 21.3 Å². The molecule has 0 heterocycles. The number of carbonyl (C=O) groups excluding carboxylic acids is 3. The number of nitrogens with one attached hydrogen (secondary N) is 4. The zero-order valence-electron chi connectivity index (χ0n) is 22.1. The van der Waals surface area contributed by atoms with E-state index in [1.165, 1.54) is 7.05 Å². The van der Waals surface area contributed by atoms with Crippen LogP contribution in [0.1, 0.15) is 37.8 Å². The fraction of sp³-hybridized carbons (Fsp3) is 0.429. The van der Waals surface area contributed by atoms with Crippen LogP contribution in [0, 0.1) is 5.92 Å². The zero-order valence-corrected chi connectivity index (χ0v) is 22.1. The zero-order chi connectivity index (χ0) is 27.9. The Morgan fingerprint density at radius 1 is 0.842 bits per heavy atom. The van der Waals surface area contributed by atoms with Crippen molar-refractivity contribution in [3.63, 3.8) is 0 Å². The van der Waals surface area contributed by atoms with Gasteiger partial charge in [0.05, 0.1) is 6.04 Å². The first-order valence-corrected chi connectivity index (χ1v) is 12.7. The van der Waals surface area contributed by atoms with Crippen LogP contribution in [0.25, 0.3) is 0 Å². The van der Waals surface area contributed by atoms with E-state index in [1.54, 1.807) is 0 Å². The Morgan fingerprint density at radius 3 is 2.00 bits per heavy atom. The normalized spacial score (nSPS) is 13.2. The molecule has 206 valence electrons. The molecule has 0 aromatic heterocycles. The highest BCUT2D eigenvalue weighted by Gasteiger charge is 2.30. The monoisotopic (exact) mass is 526 g/mol. The van der Waals surface area contributed by atoms with Gasteiger partial charge in [-0.3, -0.25) is 19.7 Å². The molecule has 0 spiro atoms. The van der Waals surface area contributed by atoms with Gasteiger partial charge in [-0.2, -0.15) is 0 Å². The average molecular weight is 527 g/mol. The molecule has 0 fully saturated rings. The standard InChI is InChI=1S/C28H38N4O6/c1-19(2)16-23(26(34)32-24(25(33)29-3)17-20-10-6-4-7-11-20)31-22(27(35)36)14-15-30-28(37)38-18-21-12-8-5-9-13-21/h4-13,19,22-24,31H,14-18H2,1-3H3,(H,29,33)(H,30,37)(H,32,34)(H,35,36). The molecule has 10 nitrogen and oxygen atoms in total. The molecule has 0 radical (unpaired) electrons. The number of ether oxygens (including phenoxy) is 1. The smallest absolute Gasteiger partial charge is 0.407 e. The molecule has 3 unspecified atom stereocenters. The minimum Gasteiger partial charge on any atom is -0.480 e. The van der Waals surface area contributed by atoms with E-state index in [4.69, 9.17) is 4.74 Å². The Bertz CT molecular complexity index is 1030. The van der Waals surface area contributed by atoms with Crippen molar-refractivity contribution in [3.05, 3.63) is 71.8 Å². The second-order valence-electron chi connectivity index (χ2n) is 9.38. The molecular formula is C28H38N4O6. The van der Waals surface area contributed by atoms with Crippen molar-refractivity contribution in [2.45, 2.75) is 57.8 Å². The van der Waals surface area contributed by atoms with Crippen LogP contribution in [0.15, 0.2) is 60.7 Å². The van der Waals surface area contributed by atoms with Gasteiger partial charge in [0.2, 0.25) is 11.8 Å². The summed E-state index contributed by atoms with van der Waals surface area (Å²) >= 11 is 0. The number of likely N-dealkylation sites (N-methyl/N-ethyl adjacent to an activating group) is 1. The first-order chi connectivity index (χ1) is 18.2. The molecule has 2 aromatic rings. The summed E-state index contributed by atoms with van der Waals surface area (Å²) in [5.74, 6) is -1.90. The lowest BCUT2D eigenvalue weighted by atomic mass is 10.00. The van der Waals surface area contributed by atoms with Crippen LogP contribution in [0.5, 0.6) is 0 Å². The predicted molar refractivity (Wildman–Crippen MR) is 143 cm³/mol. The van der Waals surface area contributed by atoms with Crippen molar-refractivity contribution in [1.82, 2.24) is 21.3 Å². The van der Waals surface area contributed by atoms with Gasteiger partial charge in [0.1, 0.15) is 18.7 Å². The molecule has 3 atom stereocenters. The van der Waals surface area contributed by atoms with Crippen molar-refractivity contribution >= 4 is 23.9 Å². The molecule has 10 heteroatoms. The van der Waals surface area contributed by atoms with Gasteiger partial charge in [-0.25, -0.2) is 4.79 Å². The molecule has 5 N–H and O–H groups in total. The third-order valence-electron chi connectivity index (χ3n) is 5.80. The van der Waals surface area contributed by atoms with Gasteiger partial charge in [-0.1, -0.05) is 74.5 Å². The number of amides is 3. The number of benzene rings is 2. The van der Waals surface area contributed by atoms with Crippen LogP contribution in [0.2, 0.25) is 0 Å². The fourth-order valence-electron chi connectivity index (χ4n) is 3.84. The first-order valence-electron chi connectivity index (χ1n) is 12.7. The topological polar surface area (TPSA) is 146 Å². The van der Waals surface area contributed by atoms with Crippen molar-refractivity contribution in [2.75, 3.05) is 13.6 Å². The molecule has 2 aromatic carbocycles. The van der Waals surface area contributed by atoms with E-state index < -0.39 is 36.1 Å². The SMILES string of the molecule is CNC(=O)C(Cc1ccccc1)NC(=O)C(CC(C)C)NC(CCNC(=O)OCc1ccccc1)C(=O)O. The van der Waals surface area contributed by atoms with Gasteiger partial charge in [0.15, 0.2) is 0 Å². The van der Waals surface area contributed by atoms with E-state index in [0.717, 1.165) is 11.1 Å². The van der Waals surface area contributed by atoms with Gasteiger partial charge < -0.3 is 25.8 Å². The lowest BCUT2D eigenvalue weighted by Gasteiger charge is -2.26. The van der Waals surface area contributed by atoms with E-state index in [9.17, 15) is 24.3 Å². The quantitative estimate of drug-likeness (QED) is 0.239. The largest absolute Gasteiger partial charge is 0.480 e. The maximum Gasteiger partial charge on any atom is 0.407 e. The second-order valence-corrected chi connectivity index (χ2v) is 9.38. The highest BCUT2D eigenvalue weighted by Crippen LogP contribution is 2.10. The molecule has 0 aliphatic heterocycles. The lowest BCUT2D eigenvalue weighted by molar-refractivity contribution is -0.140. The van der Waals surface area contributed by atoms with Crippen molar-refractivity contribution < 1.29 is 29.0 Å². The second kappa shape index (κ2) is 16.0. The number of carbonyl (C=O) groups is 4.